The zero-order chi connectivity index (χ0) is 11.1. The molecule has 0 aliphatic rings. The third kappa shape index (κ3) is 4.24. The number of amides is 1. The van der Waals surface area contributed by atoms with Crippen molar-refractivity contribution in [3.8, 4) is 0 Å². The average Bonchev–Trinajstić information content (AvgIpc) is 2.72. The molecule has 4 heteroatoms. The number of carbonyl (C=O) groups is 1. The molecule has 0 spiro atoms. The molecule has 0 aromatic carbocycles. The number of nitrogens with one attached hydrogen (secondary N) is 1. The molecule has 0 saturated carbocycles. The van der Waals surface area contributed by atoms with Gasteiger partial charge < -0.3 is 9.73 Å². The molecule has 1 heterocycles. The van der Waals surface area contributed by atoms with E-state index >= 15 is 0 Å². The summed E-state index contributed by atoms with van der Waals surface area (Å²) in [7, 11) is 0. The largest absolute Gasteiger partial charge is 0.456 e. The summed E-state index contributed by atoms with van der Waals surface area (Å²) >= 11 is 2.33. The first-order valence-corrected chi connectivity index (χ1v) is 6.73. The summed E-state index contributed by atoms with van der Waals surface area (Å²) in [5.74, 6) is 1.16. The number of aryl methyl sites for hydroxylation is 1. The van der Waals surface area contributed by atoms with Crippen LogP contribution in [0.2, 0.25) is 0 Å². The van der Waals surface area contributed by atoms with E-state index < -0.39 is 0 Å². The van der Waals surface area contributed by atoms with Gasteiger partial charge in [0.1, 0.15) is 5.76 Å². The Bertz CT molecular complexity index is 309. The van der Waals surface area contributed by atoms with E-state index in [1.165, 1.54) is 0 Å². The number of furan rings is 1. The van der Waals surface area contributed by atoms with Crippen LogP contribution >= 0.6 is 22.6 Å². The lowest BCUT2D eigenvalue weighted by Crippen LogP contribution is -2.23. The summed E-state index contributed by atoms with van der Waals surface area (Å²) in [6.07, 6.45) is 2.98. The lowest BCUT2D eigenvalue weighted by atomic mass is 10.3. The Balaban J connectivity index is 2.33. The maximum Gasteiger partial charge on any atom is 0.286 e. The molecule has 84 valence electrons. The lowest BCUT2D eigenvalue weighted by molar-refractivity contribution is 0.0924. The minimum atomic E-state index is -0.108. The van der Waals surface area contributed by atoms with Gasteiger partial charge in [-0.3, -0.25) is 4.79 Å². The number of rotatable bonds is 6. The fraction of sp³-hybridized carbons (Fsp3) is 0.545. The number of hydrogen-bond acceptors (Lipinski definition) is 2. The number of halogens is 1. The summed E-state index contributed by atoms with van der Waals surface area (Å²) in [6.45, 7) is 2.73. The predicted octanol–water partition coefficient (Wildman–Crippen LogP) is 2.79. The molecule has 1 rings (SSSR count). The molecular weight excluding hydrogens is 305 g/mol. The zero-order valence-electron chi connectivity index (χ0n) is 8.88. The Morgan fingerprint density at radius 2 is 2.27 bits per heavy atom. The van der Waals surface area contributed by atoms with Crippen molar-refractivity contribution in [2.24, 2.45) is 0 Å². The smallest absolute Gasteiger partial charge is 0.286 e. The first-order chi connectivity index (χ1) is 7.27. The SMILES string of the molecule is CCc1ccc(C(=O)NCCCCI)o1. The van der Waals surface area contributed by atoms with Crippen molar-refractivity contribution >= 4 is 28.5 Å². The monoisotopic (exact) mass is 321 g/mol. The second-order valence-electron chi connectivity index (χ2n) is 3.27. The molecule has 0 aliphatic heterocycles. The second kappa shape index (κ2) is 6.87. The highest BCUT2D eigenvalue weighted by atomic mass is 127. The van der Waals surface area contributed by atoms with Gasteiger partial charge in [-0.25, -0.2) is 0 Å². The van der Waals surface area contributed by atoms with Crippen LogP contribution in [-0.2, 0) is 6.42 Å². The number of hydrogen-bond donors (Lipinski definition) is 1. The van der Waals surface area contributed by atoms with Gasteiger partial charge in [-0.2, -0.15) is 0 Å². The van der Waals surface area contributed by atoms with E-state index in [9.17, 15) is 4.79 Å². The van der Waals surface area contributed by atoms with Crippen LogP contribution < -0.4 is 5.32 Å². The Kier molecular flexibility index (Phi) is 5.75. The Morgan fingerprint density at radius 1 is 1.47 bits per heavy atom. The first kappa shape index (κ1) is 12.5. The minimum Gasteiger partial charge on any atom is -0.456 e. The van der Waals surface area contributed by atoms with E-state index in [1.54, 1.807) is 6.07 Å². The number of unbranched alkanes of at least 4 members (excludes halogenated alkanes) is 1. The van der Waals surface area contributed by atoms with Gasteiger partial charge >= 0.3 is 0 Å². The normalized spacial score (nSPS) is 10.3. The molecule has 0 saturated heterocycles. The van der Waals surface area contributed by atoms with Gasteiger partial charge in [-0.05, 0) is 29.4 Å². The predicted molar refractivity (Wildman–Crippen MR) is 68.5 cm³/mol. The highest BCUT2D eigenvalue weighted by molar-refractivity contribution is 14.1. The molecule has 1 aromatic rings. The van der Waals surface area contributed by atoms with Crippen LogP contribution in [0.15, 0.2) is 16.5 Å². The van der Waals surface area contributed by atoms with Crippen molar-refractivity contribution in [1.29, 1.82) is 0 Å². The van der Waals surface area contributed by atoms with Gasteiger partial charge in [-0.1, -0.05) is 29.5 Å². The number of alkyl halides is 1. The van der Waals surface area contributed by atoms with Gasteiger partial charge in [-0.15, -0.1) is 0 Å². The maximum atomic E-state index is 11.5. The van der Waals surface area contributed by atoms with Gasteiger partial charge in [0.25, 0.3) is 5.91 Å². The van der Waals surface area contributed by atoms with E-state index in [0.29, 0.717) is 5.76 Å². The number of carbonyl (C=O) groups excluding carboxylic acids is 1. The van der Waals surface area contributed by atoms with Crippen molar-refractivity contribution in [3.05, 3.63) is 23.7 Å². The Labute approximate surface area is 104 Å². The van der Waals surface area contributed by atoms with Crippen molar-refractivity contribution in [1.82, 2.24) is 5.32 Å². The van der Waals surface area contributed by atoms with Crippen molar-refractivity contribution in [2.45, 2.75) is 26.2 Å². The average molecular weight is 321 g/mol. The quantitative estimate of drug-likeness (QED) is 0.497. The zero-order valence-corrected chi connectivity index (χ0v) is 11.0. The standard InChI is InChI=1S/C11H16INO2/c1-2-9-5-6-10(15-9)11(14)13-8-4-3-7-12/h5-6H,2-4,7-8H2,1H3,(H,13,14). The van der Waals surface area contributed by atoms with Crippen LogP contribution in [0, 0.1) is 0 Å². The summed E-state index contributed by atoms with van der Waals surface area (Å²) < 4.78 is 6.47. The van der Waals surface area contributed by atoms with Gasteiger partial charge in [0.2, 0.25) is 0 Å². The molecule has 0 atom stereocenters. The topological polar surface area (TPSA) is 42.2 Å². The summed E-state index contributed by atoms with van der Waals surface area (Å²) in [5.41, 5.74) is 0. The second-order valence-corrected chi connectivity index (χ2v) is 4.35. The van der Waals surface area contributed by atoms with Gasteiger partial charge in [0.05, 0.1) is 0 Å². The van der Waals surface area contributed by atoms with Crippen LogP contribution in [0.4, 0.5) is 0 Å². The highest BCUT2D eigenvalue weighted by Crippen LogP contribution is 2.08. The summed E-state index contributed by atoms with van der Waals surface area (Å²) in [4.78, 5) is 11.5. The molecule has 0 aliphatic carbocycles. The molecule has 0 unspecified atom stereocenters. The third-order valence-electron chi connectivity index (χ3n) is 2.08. The van der Waals surface area contributed by atoms with Crippen LogP contribution in [-0.4, -0.2) is 16.9 Å². The molecule has 1 aromatic heterocycles. The van der Waals surface area contributed by atoms with Crippen LogP contribution in [0.5, 0.6) is 0 Å². The first-order valence-electron chi connectivity index (χ1n) is 5.20. The minimum absolute atomic E-state index is 0.108. The third-order valence-corrected chi connectivity index (χ3v) is 2.84. The summed E-state index contributed by atoms with van der Waals surface area (Å²) in [6, 6.07) is 3.58. The van der Waals surface area contributed by atoms with Gasteiger partial charge in [0.15, 0.2) is 5.76 Å². The van der Waals surface area contributed by atoms with Crippen molar-refractivity contribution in [2.75, 3.05) is 11.0 Å². The molecule has 1 N–H and O–H groups in total. The van der Waals surface area contributed by atoms with E-state index in [0.717, 1.165) is 36.0 Å². The van der Waals surface area contributed by atoms with E-state index in [4.69, 9.17) is 4.42 Å². The molecule has 1 amide bonds. The maximum absolute atomic E-state index is 11.5. The van der Waals surface area contributed by atoms with Crippen molar-refractivity contribution in [3.63, 3.8) is 0 Å². The summed E-state index contributed by atoms with van der Waals surface area (Å²) in [5, 5.41) is 2.84. The van der Waals surface area contributed by atoms with E-state index in [1.807, 2.05) is 13.0 Å². The Morgan fingerprint density at radius 3 is 2.87 bits per heavy atom. The lowest BCUT2D eigenvalue weighted by Gasteiger charge is -2.01. The fourth-order valence-electron chi connectivity index (χ4n) is 1.20. The highest BCUT2D eigenvalue weighted by Gasteiger charge is 2.09. The Hall–Kier alpha value is -0.520. The molecular formula is C11H16INO2. The molecule has 0 fully saturated rings. The van der Waals surface area contributed by atoms with Crippen LogP contribution in [0.1, 0.15) is 36.1 Å². The molecule has 0 bridgehead atoms. The van der Waals surface area contributed by atoms with Gasteiger partial charge in [0, 0.05) is 13.0 Å². The van der Waals surface area contributed by atoms with E-state index in [-0.39, 0.29) is 5.91 Å². The van der Waals surface area contributed by atoms with Crippen LogP contribution in [0.25, 0.3) is 0 Å². The molecule has 3 nitrogen and oxygen atoms in total. The van der Waals surface area contributed by atoms with Crippen LogP contribution in [0.3, 0.4) is 0 Å². The fourth-order valence-corrected chi connectivity index (χ4v) is 1.74. The molecule has 15 heavy (non-hydrogen) atoms. The van der Waals surface area contributed by atoms with Crippen molar-refractivity contribution < 1.29 is 9.21 Å². The molecule has 0 radical (unpaired) electrons. The van der Waals surface area contributed by atoms with E-state index in [2.05, 4.69) is 27.9 Å².